The van der Waals surface area contributed by atoms with E-state index >= 15 is 0 Å². The molecule has 10 heavy (non-hydrogen) atoms. The third-order valence-electron chi connectivity index (χ3n) is 1.18. The van der Waals surface area contributed by atoms with Crippen LogP contribution in [0.4, 0.5) is 0 Å². The van der Waals surface area contributed by atoms with Gasteiger partial charge in [-0.05, 0) is 25.5 Å². The summed E-state index contributed by atoms with van der Waals surface area (Å²) in [6.07, 6.45) is 2.26. The molecule has 0 aliphatic heterocycles. The molecular formula is C7H17NOS. The minimum absolute atomic E-state index is 0.294. The number of rotatable bonds is 6. The van der Waals surface area contributed by atoms with E-state index in [2.05, 4.69) is 0 Å². The standard InChI is InChI=1S/C7H17NOS/c1-7(8)3-2-5-10-6-4-9/h7,9H,2-6,8H2,1H3. The van der Waals surface area contributed by atoms with Crippen LogP contribution in [0.15, 0.2) is 0 Å². The van der Waals surface area contributed by atoms with Crippen molar-refractivity contribution in [1.82, 2.24) is 0 Å². The molecule has 0 spiro atoms. The molecule has 0 heterocycles. The van der Waals surface area contributed by atoms with E-state index in [9.17, 15) is 0 Å². The molecular weight excluding hydrogens is 146 g/mol. The van der Waals surface area contributed by atoms with Gasteiger partial charge in [-0.1, -0.05) is 0 Å². The second-order valence-electron chi connectivity index (χ2n) is 2.46. The van der Waals surface area contributed by atoms with Gasteiger partial charge in [0.05, 0.1) is 6.61 Å². The molecule has 0 radical (unpaired) electrons. The van der Waals surface area contributed by atoms with Crippen molar-refractivity contribution < 1.29 is 5.11 Å². The number of nitrogens with two attached hydrogens (primary N) is 1. The summed E-state index contributed by atoms with van der Waals surface area (Å²) in [5.74, 6) is 1.99. The minimum atomic E-state index is 0.294. The molecule has 0 aromatic carbocycles. The van der Waals surface area contributed by atoms with Crippen LogP contribution in [-0.4, -0.2) is 29.3 Å². The van der Waals surface area contributed by atoms with E-state index < -0.39 is 0 Å². The molecule has 0 amide bonds. The fourth-order valence-corrected chi connectivity index (χ4v) is 1.38. The summed E-state index contributed by atoms with van der Waals surface area (Å²) in [5, 5.41) is 8.43. The molecule has 3 heteroatoms. The lowest BCUT2D eigenvalue weighted by Crippen LogP contribution is -2.14. The van der Waals surface area contributed by atoms with Gasteiger partial charge in [-0.2, -0.15) is 11.8 Å². The molecule has 0 aromatic rings. The van der Waals surface area contributed by atoms with Crippen LogP contribution >= 0.6 is 11.8 Å². The van der Waals surface area contributed by atoms with Gasteiger partial charge in [-0.15, -0.1) is 0 Å². The zero-order valence-corrected chi connectivity index (χ0v) is 7.36. The van der Waals surface area contributed by atoms with Crippen molar-refractivity contribution in [3.8, 4) is 0 Å². The van der Waals surface area contributed by atoms with Crippen LogP contribution in [0, 0.1) is 0 Å². The number of hydrogen-bond acceptors (Lipinski definition) is 3. The van der Waals surface area contributed by atoms with E-state index in [1.165, 1.54) is 6.42 Å². The Bertz CT molecular complexity index is 68.6. The van der Waals surface area contributed by atoms with Gasteiger partial charge in [0, 0.05) is 11.8 Å². The number of thioether (sulfide) groups is 1. The molecule has 2 nitrogen and oxygen atoms in total. The van der Waals surface area contributed by atoms with E-state index in [4.69, 9.17) is 10.8 Å². The van der Waals surface area contributed by atoms with Gasteiger partial charge in [-0.3, -0.25) is 0 Å². The molecule has 1 atom stereocenters. The van der Waals surface area contributed by atoms with Crippen LogP contribution in [-0.2, 0) is 0 Å². The van der Waals surface area contributed by atoms with E-state index in [0.29, 0.717) is 12.6 Å². The van der Waals surface area contributed by atoms with Crippen LogP contribution in [0.1, 0.15) is 19.8 Å². The molecule has 0 fully saturated rings. The van der Waals surface area contributed by atoms with Crippen molar-refractivity contribution in [1.29, 1.82) is 0 Å². The number of aliphatic hydroxyl groups is 1. The van der Waals surface area contributed by atoms with Gasteiger partial charge in [0.25, 0.3) is 0 Å². The van der Waals surface area contributed by atoms with Gasteiger partial charge in [0.2, 0.25) is 0 Å². The highest BCUT2D eigenvalue weighted by atomic mass is 32.2. The Kier molecular flexibility index (Phi) is 7.58. The summed E-state index contributed by atoms with van der Waals surface area (Å²) >= 11 is 1.79. The van der Waals surface area contributed by atoms with Crippen LogP contribution in [0.3, 0.4) is 0 Å². The predicted molar refractivity (Wildman–Crippen MR) is 47.3 cm³/mol. The van der Waals surface area contributed by atoms with Crippen LogP contribution in [0.2, 0.25) is 0 Å². The molecule has 0 rings (SSSR count). The molecule has 0 aromatic heterocycles. The van der Waals surface area contributed by atoms with Crippen LogP contribution < -0.4 is 5.73 Å². The van der Waals surface area contributed by atoms with E-state index in [1.807, 2.05) is 6.92 Å². The van der Waals surface area contributed by atoms with Crippen molar-refractivity contribution in [2.45, 2.75) is 25.8 Å². The summed E-state index contributed by atoms with van der Waals surface area (Å²) in [4.78, 5) is 0. The lowest BCUT2D eigenvalue weighted by Gasteiger charge is -2.02. The average Bonchev–Trinajstić information content (AvgIpc) is 1.87. The Balaban J connectivity index is 2.77. The Hall–Kier alpha value is 0.270. The lowest BCUT2D eigenvalue weighted by molar-refractivity contribution is 0.322. The first-order valence-corrected chi connectivity index (χ1v) is 4.87. The Morgan fingerprint density at radius 2 is 2.20 bits per heavy atom. The smallest absolute Gasteiger partial charge is 0.0521 e. The number of hydrogen-bond donors (Lipinski definition) is 2. The van der Waals surface area contributed by atoms with Gasteiger partial charge < -0.3 is 10.8 Å². The number of aliphatic hydroxyl groups excluding tert-OH is 1. The summed E-state index contributed by atoms with van der Waals surface area (Å²) in [7, 11) is 0. The fourth-order valence-electron chi connectivity index (χ4n) is 0.674. The van der Waals surface area contributed by atoms with E-state index in [1.54, 1.807) is 11.8 Å². The maximum absolute atomic E-state index is 8.43. The van der Waals surface area contributed by atoms with Gasteiger partial charge in [0.15, 0.2) is 0 Å². The van der Waals surface area contributed by atoms with Crippen molar-refractivity contribution in [3.63, 3.8) is 0 Å². The fraction of sp³-hybridized carbons (Fsp3) is 1.00. The zero-order chi connectivity index (χ0) is 7.82. The van der Waals surface area contributed by atoms with Crippen molar-refractivity contribution in [2.75, 3.05) is 18.1 Å². The first-order chi connectivity index (χ1) is 4.77. The van der Waals surface area contributed by atoms with Gasteiger partial charge in [0.1, 0.15) is 0 Å². The summed E-state index contributed by atoms with van der Waals surface area (Å²) in [6.45, 7) is 2.32. The predicted octanol–water partition coefficient (Wildman–Crippen LogP) is 0.839. The van der Waals surface area contributed by atoms with Gasteiger partial charge >= 0.3 is 0 Å². The highest BCUT2D eigenvalue weighted by Gasteiger charge is 1.93. The lowest BCUT2D eigenvalue weighted by atomic mass is 10.2. The molecule has 3 N–H and O–H groups in total. The largest absolute Gasteiger partial charge is 0.396 e. The highest BCUT2D eigenvalue weighted by molar-refractivity contribution is 7.99. The quantitative estimate of drug-likeness (QED) is 0.570. The molecule has 62 valence electrons. The van der Waals surface area contributed by atoms with Crippen LogP contribution in [0.5, 0.6) is 0 Å². The second-order valence-corrected chi connectivity index (χ2v) is 3.68. The third-order valence-corrected chi connectivity index (χ3v) is 2.23. The monoisotopic (exact) mass is 163 g/mol. The summed E-state index contributed by atoms with van der Waals surface area (Å²) < 4.78 is 0. The molecule has 0 aliphatic rings. The van der Waals surface area contributed by atoms with Gasteiger partial charge in [-0.25, -0.2) is 0 Å². The first-order valence-electron chi connectivity index (χ1n) is 3.71. The van der Waals surface area contributed by atoms with Crippen molar-refractivity contribution in [3.05, 3.63) is 0 Å². The Morgan fingerprint density at radius 3 is 2.70 bits per heavy atom. The second kappa shape index (κ2) is 7.38. The molecule has 0 bridgehead atoms. The zero-order valence-electron chi connectivity index (χ0n) is 6.55. The summed E-state index contributed by atoms with van der Waals surface area (Å²) in [5.41, 5.74) is 5.55. The first kappa shape index (κ1) is 10.3. The maximum atomic E-state index is 8.43. The van der Waals surface area contributed by atoms with E-state index in [0.717, 1.165) is 17.9 Å². The SMILES string of the molecule is CC(N)CCCSCCO. The average molecular weight is 163 g/mol. The Labute approximate surface area is 67.2 Å². The van der Waals surface area contributed by atoms with Crippen molar-refractivity contribution in [2.24, 2.45) is 5.73 Å². The topological polar surface area (TPSA) is 46.2 Å². The molecule has 1 unspecified atom stereocenters. The highest BCUT2D eigenvalue weighted by Crippen LogP contribution is 2.04. The van der Waals surface area contributed by atoms with Crippen LogP contribution in [0.25, 0.3) is 0 Å². The normalized spacial score (nSPS) is 13.5. The molecule has 0 saturated heterocycles. The molecule has 0 saturated carbocycles. The molecule has 0 aliphatic carbocycles. The third kappa shape index (κ3) is 8.27. The summed E-state index contributed by atoms with van der Waals surface area (Å²) in [6, 6.07) is 0.328. The minimum Gasteiger partial charge on any atom is -0.396 e. The Morgan fingerprint density at radius 1 is 1.50 bits per heavy atom. The van der Waals surface area contributed by atoms with E-state index in [-0.39, 0.29) is 0 Å². The maximum Gasteiger partial charge on any atom is 0.0521 e. The van der Waals surface area contributed by atoms with Crippen molar-refractivity contribution >= 4 is 11.8 Å².